The van der Waals surface area contributed by atoms with Gasteiger partial charge in [0.2, 0.25) is 0 Å². The van der Waals surface area contributed by atoms with E-state index >= 15 is 0 Å². The van der Waals surface area contributed by atoms with E-state index in [4.69, 9.17) is 0 Å². The highest BCUT2D eigenvalue weighted by atomic mass is 16.1. The SMILES string of the molecule is CCCCCCCCCCc1c(-c2ccccc2)ccn(C)c1=O. The molecule has 0 aliphatic rings. The van der Waals surface area contributed by atoms with Crippen molar-refractivity contribution in [3.8, 4) is 11.1 Å². The fourth-order valence-electron chi connectivity index (χ4n) is 3.25. The first-order valence-corrected chi connectivity index (χ1v) is 9.48. The van der Waals surface area contributed by atoms with Crippen molar-refractivity contribution in [1.29, 1.82) is 0 Å². The minimum atomic E-state index is 0.152. The molecule has 2 rings (SSSR count). The molecule has 2 aromatic rings. The summed E-state index contributed by atoms with van der Waals surface area (Å²) in [7, 11) is 1.84. The lowest BCUT2D eigenvalue weighted by Gasteiger charge is -2.11. The van der Waals surface area contributed by atoms with E-state index in [9.17, 15) is 4.79 Å². The van der Waals surface area contributed by atoms with Crippen molar-refractivity contribution >= 4 is 0 Å². The molecule has 1 aromatic heterocycles. The largest absolute Gasteiger partial charge is 0.318 e. The van der Waals surface area contributed by atoms with Crippen molar-refractivity contribution in [2.75, 3.05) is 0 Å². The second-order valence-electron chi connectivity index (χ2n) is 6.71. The summed E-state index contributed by atoms with van der Waals surface area (Å²) in [5.41, 5.74) is 3.36. The van der Waals surface area contributed by atoms with Crippen LogP contribution in [0.3, 0.4) is 0 Å². The van der Waals surface area contributed by atoms with Crippen molar-refractivity contribution in [2.24, 2.45) is 7.05 Å². The summed E-state index contributed by atoms with van der Waals surface area (Å²) in [6.45, 7) is 2.25. The third kappa shape index (κ3) is 5.36. The number of hydrogen-bond acceptors (Lipinski definition) is 1. The monoisotopic (exact) mass is 325 g/mol. The van der Waals surface area contributed by atoms with Crippen LogP contribution in [-0.4, -0.2) is 4.57 Å². The molecule has 0 bridgehead atoms. The molecule has 0 saturated heterocycles. The molecular formula is C22H31NO. The minimum absolute atomic E-state index is 0.152. The average Bonchev–Trinajstić information content (AvgIpc) is 2.61. The molecule has 24 heavy (non-hydrogen) atoms. The van der Waals surface area contributed by atoms with E-state index in [0.29, 0.717) is 0 Å². The first kappa shape index (κ1) is 18.5. The molecule has 0 aliphatic heterocycles. The van der Waals surface area contributed by atoms with E-state index in [-0.39, 0.29) is 5.56 Å². The third-order valence-electron chi connectivity index (χ3n) is 4.73. The molecule has 2 nitrogen and oxygen atoms in total. The van der Waals surface area contributed by atoms with Crippen LogP contribution in [-0.2, 0) is 13.5 Å². The van der Waals surface area contributed by atoms with Crippen molar-refractivity contribution in [3.63, 3.8) is 0 Å². The van der Waals surface area contributed by atoms with Crippen LogP contribution in [0, 0.1) is 0 Å². The van der Waals surface area contributed by atoms with E-state index in [1.807, 2.05) is 31.4 Å². The molecule has 0 spiro atoms. The number of unbranched alkanes of at least 4 members (excludes halogenated alkanes) is 7. The Kier molecular flexibility index (Phi) is 7.81. The lowest BCUT2D eigenvalue weighted by Crippen LogP contribution is -2.21. The molecule has 0 amide bonds. The van der Waals surface area contributed by atoms with Crippen molar-refractivity contribution in [3.05, 3.63) is 58.5 Å². The molecule has 1 heterocycles. The van der Waals surface area contributed by atoms with Crippen LogP contribution in [0.5, 0.6) is 0 Å². The van der Waals surface area contributed by atoms with Crippen LogP contribution in [0.1, 0.15) is 63.9 Å². The predicted octanol–water partition coefficient (Wildman–Crippen LogP) is 5.74. The van der Waals surface area contributed by atoms with Gasteiger partial charge in [-0.25, -0.2) is 0 Å². The van der Waals surface area contributed by atoms with Gasteiger partial charge in [0.05, 0.1) is 0 Å². The van der Waals surface area contributed by atoms with E-state index in [0.717, 1.165) is 29.5 Å². The minimum Gasteiger partial charge on any atom is -0.318 e. The second-order valence-corrected chi connectivity index (χ2v) is 6.71. The summed E-state index contributed by atoms with van der Waals surface area (Å²) in [5.74, 6) is 0. The van der Waals surface area contributed by atoms with Crippen LogP contribution >= 0.6 is 0 Å². The van der Waals surface area contributed by atoms with E-state index in [1.165, 1.54) is 44.9 Å². The van der Waals surface area contributed by atoms with E-state index < -0.39 is 0 Å². The molecule has 1 aromatic carbocycles. The quantitative estimate of drug-likeness (QED) is 0.511. The van der Waals surface area contributed by atoms with Gasteiger partial charge in [-0.05, 0) is 30.0 Å². The number of benzene rings is 1. The lowest BCUT2D eigenvalue weighted by atomic mass is 9.97. The van der Waals surface area contributed by atoms with Gasteiger partial charge in [0.15, 0.2) is 0 Å². The zero-order chi connectivity index (χ0) is 17.2. The second kappa shape index (κ2) is 10.1. The lowest BCUT2D eigenvalue weighted by molar-refractivity contribution is 0.574. The summed E-state index contributed by atoms with van der Waals surface area (Å²) in [5, 5.41) is 0. The molecule has 130 valence electrons. The number of aryl methyl sites for hydroxylation is 1. The number of aromatic nitrogens is 1. The summed E-state index contributed by atoms with van der Waals surface area (Å²) in [4.78, 5) is 12.6. The fraction of sp³-hybridized carbons (Fsp3) is 0.500. The molecule has 2 heteroatoms. The Morgan fingerprint density at radius 1 is 0.833 bits per heavy atom. The number of hydrogen-bond donors (Lipinski definition) is 0. The van der Waals surface area contributed by atoms with Gasteiger partial charge in [0, 0.05) is 18.8 Å². The maximum atomic E-state index is 12.6. The Balaban J connectivity index is 1.94. The highest BCUT2D eigenvalue weighted by Gasteiger charge is 2.10. The zero-order valence-electron chi connectivity index (χ0n) is 15.3. The van der Waals surface area contributed by atoms with Gasteiger partial charge < -0.3 is 4.57 Å². The predicted molar refractivity (Wildman–Crippen MR) is 103 cm³/mol. The maximum Gasteiger partial charge on any atom is 0.254 e. The van der Waals surface area contributed by atoms with Crippen molar-refractivity contribution in [1.82, 2.24) is 4.57 Å². The van der Waals surface area contributed by atoms with Gasteiger partial charge in [-0.15, -0.1) is 0 Å². The van der Waals surface area contributed by atoms with Gasteiger partial charge in [0.1, 0.15) is 0 Å². The van der Waals surface area contributed by atoms with E-state index in [1.54, 1.807) is 4.57 Å². The normalized spacial score (nSPS) is 10.9. The molecule has 0 atom stereocenters. The Labute approximate surface area is 146 Å². The molecule has 0 saturated carbocycles. The van der Waals surface area contributed by atoms with Crippen molar-refractivity contribution in [2.45, 2.75) is 64.7 Å². The van der Waals surface area contributed by atoms with Gasteiger partial charge in [-0.1, -0.05) is 82.2 Å². The number of pyridine rings is 1. The highest BCUT2D eigenvalue weighted by molar-refractivity contribution is 5.66. The van der Waals surface area contributed by atoms with Gasteiger partial charge in [-0.3, -0.25) is 4.79 Å². The molecule has 0 radical (unpaired) electrons. The Hall–Kier alpha value is -1.83. The van der Waals surface area contributed by atoms with Crippen LogP contribution < -0.4 is 5.56 Å². The summed E-state index contributed by atoms with van der Waals surface area (Å²) >= 11 is 0. The van der Waals surface area contributed by atoms with Gasteiger partial charge in [-0.2, -0.15) is 0 Å². The summed E-state index contributed by atoms with van der Waals surface area (Å²) in [6, 6.07) is 12.3. The number of nitrogens with zero attached hydrogens (tertiary/aromatic N) is 1. The third-order valence-corrected chi connectivity index (χ3v) is 4.73. The van der Waals surface area contributed by atoms with Gasteiger partial charge >= 0.3 is 0 Å². The smallest absolute Gasteiger partial charge is 0.254 e. The van der Waals surface area contributed by atoms with Crippen molar-refractivity contribution < 1.29 is 0 Å². The van der Waals surface area contributed by atoms with Gasteiger partial charge in [0.25, 0.3) is 5.56 Å². The van der Waals surface area contributed by atoms with Crippen LogP contribution in [0.2, 0.25) is 0 Å². The average molecular weight is 325 g/mol. The maximum absolute atomic E-state index is 12.6. The first-order valence-electron chi connectivity index (χ1n) is 9.48. The Bertz CT molecular complexity index is 657. The Morgan fingerprint density at radius 3 is 2.12 bits per heavy atom. The molecular weight excluding hydrogens is 294 g/mol. The molecule has 0 fully saturated rings. The van der Waals surface area contributed by atoms with E-state index in [2.05, 4.69) is 25.1 Å². The zero-order valence-corrected chi connectivity index (χ0v) is 15.3. The molecule has 0 N–H and O–H groups in total. The first-order chi connectivity index (χ1) is 11.7. The van der Waals surface area contributed by atoms with Crippen LogP contribution in [0.4, 0.5) is 0 Å². The molecule has 0 unspecified atom stereocenters. The standard InChI is InChI=1S/C22H31NO/c1-3-4-5-6-7-8-9-13-16-21-20(17-18-23(2)22(21)24)19-14-11-10-12-15-19/h10-12,14-15,17-18H,3-9,13,16H2,1-2H3. The Morgan fingerprint density at radius 2 is 1.46 bits per heavy atom. The molecule has 0 aliphatic carbocycles. The summed E-state index contributed by atoms with van der Waals surface area (Å²) < 4.78 is 1.70. The number of rotatable bonds is 10. The fourth-order valence-corrected chi connectivity index (χ4v) is 3.25. The summed E-state index contributed by atoms with van der Waals surface area (Å²) in [6.07, 6.45) is 13.1. The van der Waals surface area contributed by atoms with Crippen LogP contribution in [0.25, 0.3) is 11.1 Å². The van der Waals surface area contributed by atoms with Crippen LogP contribution in [0.15, 0.2) is 47.4 Å². The highest BCUT2D eigenvalue weighted by Crippen LogP contribution is 2.22. The topological polar surface area (TPSA) is 22.0 Å².